The minimum Gasteiger partial charge on any atom is -0.339 e. The maximum atomic E-state index is 13.6. The van der Waals surface area contributed by atoms with Crippen molar-refractivity contribution in [1.82, 2.24) is 9.80 Å². The normalized spacial score (nSPS) is 18.9. The van der Waals surface area contributed by atoms with Crippen LogP contribution in [0.1, 0.15) is 37.7 Å². The van der Waals surface area contributed by atoms with Gasteiger partial charge in [0.15, 0.2) is 0 Å². The number of carbonyl (C=O) groups is 2. The first-order valence-electron chi connectivity index (χ1n) is 8.95. The lowest BCUT2D eigenvalue weighted by molar-refractivity contribution is -0.142. The van der Waals surface area contributed by atoms with E-state index >= 15 is 0 Å². The van der Waals surface area contributed by atoms with Gasteiger partial charge in [-0.3, -0.25) is 9.59 Å². The molecule has 24 heavy (non-hydrogen) atoms. The summed E-state index contributed by atoms with van der Waals surface area (Å²) in [6.07, 6.45) is 5.08. The van der Waals surface area contributed by atoms with Crippen molar-refractivity contribution in [1.29, 1.82) is 0 Å². The molecule has 0 spiro atoms. The molecule has 2 aliphatic rings. The fraction of sp³-hybridized carbons (Fsp3) is 0.579. The summed E-state index contributed by atoms with van der Waals surface area (Å²) in [5, 5.41) is 0. The molecule has 130 valence electrons. The van der Waals surface area contributed by atoms with Crippen molar-refractivity contribution in [3.8, 4) is 0 Å². The number of piperazine rings is 1. The predicted octanol–water partition coefficient (Wildman–Crippen LogP) is 2.62. The van der Waals surface area contributed by atoms with Gasteiger partial charge < -0.3 is 9.80 Å². The lowest BCUT2D eigenvalue weighted by atomic mass is 10.1. The van der Waals surface area contributed by atoms with Crippen molar-refractivity contribution in [2.75, 3.05) is 26.2 Å². The van der Waals surface area contributed by atoms with Gasteiger partial charge in [-0.25, -0.2) is 4.39 Å². The van der Waals surface area contributed by atoms with Crippen molar-refractivity contribution in [3.05, 3.63) is 35.6 Å². The number of hydrogen-bond donors (Lipinski definition) is 0. The van der Waals surface area contributed by atoms with E-state index in [2.05, 4.69) is 0 Å². The summed E-state index contributed by atoms with van der Waals surface area (Å²) in [6, 6.07) is 6.59. The standard InChI is InChI=1S/C19H25FN2O2/c20-17-8-4-3-5-15(17)9-10-18(23)21-11-13-22(14-12-21)19(24)16-6-1-2-7-16/h3-5,8,16H,1-2,6-7,9-14H2. The average Bonchev–Trinajstić information content (AvgIpc) is 3.15. The van der Waals surface area contributed by atoms with Crippen LogP contribution in [-0.4, -0.2) is 47.8 Å². The van der Waals surface area contributed by atoms with Crippen LogP contribution >= 0.6 is 0 Å². The molecule has 0 radical (unpaired) electrons. The van der Waals surface area contributed by atoms with Crippen molar-refractivity contribution in [3.63, 3.8) is 0 Å². The Hall–Kier alpha value is -1.91. The predicted molar refractivity (Wildman–Crippen MR) is 89.8 cm³/mol. The monoisotopic (exact) mass is 332 g/mol. The smallest absolute Gasteiger partial charge is 0.225 e. The molecule has 1 aliphatic carbocycles. The molecular weight excluding hydrogens is 307 g/mol. The number of carbonyl (C=O) groups excluding carboxylic acids is 2. The molecule has 1 aliphatic heterocycles. The highest BCUT2D eigenvalue weighted by Crippen LogP contribution is 2.27. The molecule has 1 aromatic carbocycles. The van der Waals surface area contributed by atoms with Crippen molar-refractivity contribution >= 4 is 11.8 Å². The number of hydrogen-bond acceptors (Lipinski definition) is 2. The molecule has 2 amide bonds. The van der Waals surface area contributed by atoms with Crippen LogP contribution in [0.5, 0.6) is 0 Å². The van der Waals surface area contributed by atoms with E-state index in [9.17, 15) is 14.0 Å². The van der Waals surface area contributed by atoms with Gasteiger partial charge in [0.05, 0.1) is 0 Å². The topological polar surface area (TPSA) is 40.6 Å². The summed E-state index contributed by atoms with van der Waals surface area (Å²) in [4.78, 5) is 28.4. The quantitative estimate of drug-likeness (QED) is 0.850. The number of halogens is 1. The van der Waals surface area contributed by atoms with Crippen LogP contribution in [0.3, 0.4) is 0 Å². The highest BCUT2D eigenvalue weighted by molar-refractivity contribution is 5.80. The Morgan fingerprint density at radius 1 is 1.00 bits per heavy atom. The van der Waals surface area contributed by atoms with Gasteiger partial charge in [0, 0.05) is 38.5 Å². The van der Waals surface area contributed by atoms with E-state index in [1.807, 2.05) is 4.90 Å². The molecule has 1 saturated heterocycles. The van der Waals surface area contributed by atoms with Crippen LogP contribution in [0, 0.1) is 11.7 Å². The Balaban J connectivity index is 1.45. The van der Waals surface area contributed by atoms with Crippen LogP contribution in [0.25, 0.3) is 0 Å². The molecule has 0 aromatic heterocycles. The molecule has 2 fully saturated rings. The van der Waals surface area contributed by atoms with Gasteiger partial charge >= 0.3 is 0 Å². The van der Waals surface area contributed by atoms with Gasteiger partial charge in [-0.15, -0.1) is 0 Å². The fourth-order valence-corrected chi connectivity index (χ4v) is 3.71. The van der Waals surface area contributed by atoms with Crippen molar-refractivity contribution < 1.29 is 14.0 Å². The van der Waals surface area contributed by atoms with E-state index in [0.29, 0.717) is 44.6 Å². The van der Waals surface area contributed by atoms with Gasteiger partial charge in [0.2, 0.25) is 11.8 Å². The molecule has 0 atom stereocenters. The molecule has 1 aromatic rings. The molecule has 4 nitrogen and oxygen atoms in total. The van der Waals surface area contributed by atoms with Gasteiger partial charge in [0.1, 0.15) is 5.82 Å². The minimum absolute atomic E-state index is 0.0474. The maximum absolute atomic E-state index is 13.6. The third-order valence-corrected chi connectivity index (χ3v) is 5.21. The van der Waals surface area contributed by atoms with E-state index in [-0.39, 0.29) is 23.5 Å². The van der Waals surface area contributed by atoms with E-state index in [1.54, 1.807) is 23.1 Å². The van der Waals surface area contributed by atoms with E-state index < -0.39 is 0 Å². The molecule has 0 unspecified atom stereocenters. The Labute approximate surface area is 142 Å². The van der Waals surface area contributed by atoms with Crippen molar-refractivity contribution in [2.45, 2.75) is 38.5 Å². The maximum Gasteiger partial charge on any atom is 0.225 e. The summed E-state index contributed by atoms with van der Waals surface area (Å²) in [7, 11) is 0. The molecular formula is C19H25FN2O2. The number of benzene rings is 1. The van der Waals surface area contributed by atoms with E-state index in [1.165, 1.54) is 6.07 Å². The Morgan fingerprint density at radius 2 is 1.62 bits per heavy atom. The first-order valence-corrected chi connectivity index (χ1v) is 8.95. The highest BCUT2D eigenvalue weighted by atomic mass is 19.1. The molecule has 3 rings (SSSR count). The zero-order valence-electron chi connectivity index (χ0n) is 14.0. The lowest BCUT2D eigenvalue weighted by Gasteiger charge is -2.36. The van der Waals surface area contributed by atoms with Gasteiger partial charge in [0.25, 0.3) is 0 Å². The van der Waals surface area contributed by atoms with Gasteiger partial charge in [-0.05, 0) is 30.9 Å². The summed E-state index contributed by atoms with van der Waals surface area (Å²) >= 11 is 0. The Bertz CT molecular complexity index is 591. The van der Waals surface area contributed by atoms with Crippen LogP contribution < -0.4 is 0 Å². The molecule has 1 saturated carbocycles. The Kier molecular flexibility index (Phi) is 5.48. The van der Waals surface area contributed by atoms with Crippen LogP contribution in [0.15, 0.2) is 24.3 Å². The van der Waals surface area contributed by atoms with Gasteiger partial charge in [-0.1, -0.05) is 31.0 Å². The fourth-order valence-electron chi connectivity index (χ4n) is 3.71. The third kappa shape index (κ3) is 3.94. The number of amides is 2. The van der Waals surface area contributed by atoms with Crippen LogP contribution in [0.4, 0.5) is 4.39 Å². The zero-order chi connectivity index (χ0) is 16.9. The van der Waals surface area contributed by atoms with Crippen molar-refractivity contribution in [2.24, 2.45) is 5.92 Å². The summed E-state index contributed by atoms with van der Waals surface area (Å²) in [6.45, 7) is 2.44. The average molecular weight is 332 g/mol. The second-order valence-corrected chi connectivity index (χ2v) is 6.78. The summed E-state index contributed by atoms with van der Waals surface area (Å²) in [5.41, 5.74) is 0.584. The zero-order valence-corrected chi connectivity index (χ0v) is 14.0. The van der Waals surface area contributed by atoms with E-state index in [4.69, 9.17) is 0 Å². The van der Waals surface area contributed by atoms with Crippen LogP contribution in [0.2, 0.25) is 0 Å². The first-order chi connectivity index (χ1) is 11.6. The summed E-state index contributed by atoms with van der Waals surface area (Å²) in [5.74, 6) is 0.266. The van der Waals surface area contributed by atoms with E-state index in [0.717, 1.165) is 25.7 Å². The molecule has 0 N–H and O–H groups in total. The SMILES string of the molecule is O=C(CCc1ccccc1F)N1CCN(C(=O)C2CCCC2)CC1. The number of rotatable bonds is 4. The molecule has 5 heteroatoms. The number of nitrogens with zero attached hydrogens (tertiary/aromatic N) is 2. The Morgan fingerprint density at radius 3 is 2.29 bits per heavy atom. The first kappa shape index (κ1) is 16.9. The highest BCUT2D eigenvalue weighted by Gasteiger charge is 2.30. The number of aryl methyl sites for hydroxylation is 1. The lowest BCUT2D eigenvalue weighted by Crippen LogP contribution is -2.51. The molecule has 0 bridgehead atoms. The van der Waals surface area contributed by atoms with Crippen LogP contribution in [-0.2, 0) is 16.0 Å². The van der Waals surface area contributed by atoms with Gasteiger partial charge in [-0.2, -0.15) is 0 Å². The second-order valence-electron chi connectivity index (χ2n) is 6.78. The second kappa shape index (κ2) is 7.77. The third-order valence-electron chi connectivity index (χ3n) is 5.21. The summed E-state index contributed by atoms with van der Waals surface area (Å²) < 4.78 is 13.6. The minimum atomic E-state index is -0.253. The largest absolute Gasteiger partial charge is 0.339 e. The molecule has 1 heterocycles.